The minimum absolute atomic E-state index is 0.0830. The normalized spacial score (nSPS) is 17.2. The number of aromatic nitrogens is 2. The summed E-state index contributed by atoms with van der Waals surface area (Å²) in [5, 5.41) is 10.7. The molecule has 0 saturated carbocycles. The summed E-state index contributed by atoms with van der Waals surface area (Å²) in [6.07, 6.45) is 6.01. The first kappa shape index (κ1) is 18.7. The molecule has 0 aliphatic carbocycles. The lowest BCUT2D eigenvalue weighted by molar-refractivity contribution is 0.0947. The second kappa shape index (κ2) is 8.51. The minimum atomic E-state index is -0.568. The van der Waals surface area contributed by atoms with Crippen molar-refractivity contribution < 1.29 is 9.21 Å². The van der Waals surface area contributed by atoms with Gasteiger partial charge in [-0.05, 0) is 44.4 Å². The highest BCUT2D eigenvalue weighted by Crippen LogP contribution is 2.23. The lowest BCUT2D eigenvalue weighted by Crippen LogP contribution is -2.32. The van der Waals surface area contributed by atoms with E-state index in [4.69, 9.17) is 16.0 Å². The van der Waals surface area contributed by atoms with E-state index >= 15 is 0 Å². The van der Waals surface area contributed by atoms with Crippen LogP contribution in [0.2, 0.25) is 5.02 Å². The maximum absolute atomic E-state index is 12.4. The molecule has 0 aromatic carbocycles. The molecule has 1 amide bonds. The van der Waals surface area contributed by atoms with Gasteiger partial charge in [-0.15, -0.1) is 0 Å². The van der Waals surface area contributed by atoms with Gasteiger partial charge in [-0.2, -0.15) is 5.10 Å². The molecule has 3 rings (SSSR count). The predicted molar refractivity (Wildman–Crippen MR) is 98.7 cm³/mol. The quantitative estimate of drug-likeness (QED) is 0.751. The summed E-state index contributed by atoms with van der Waals surface area (Å²) < 4.78 is 7.15. The molecule has 1 aliphatic rings. The average molecular weight is 379 g/mol. The zero-order valence-corrected chi connectivity index (χ0v) is 15.5. The van der Waals surface area contributed by atoms with E-state index in [0.717, 1.165) is 25.9 Å². The Morgan fingerprint density at radius 1 is 1.54 bits per heavy atom. The molecular weight excluding hydrogens is 356 g/mol. The van der Waals surface area contributed by atoms with E-state index < -0.39 is 11.5 Å². The second-order valence-corrected chi connectivity index (χ2v) is 7.01. The van der Waals surface area contributed by atoms with E-state index in [1.165, 1.54) is 0 Å². The van der Waals surface area contributed by atoms with E-state index in [1.807, 2.05) is 6.07 Å². The van der Waals surface area contributed by atoms with Crippen LogP contribution in [0.25, 0.3) is 0 Å². The highest BCUT2D eigenvalue weighted by atomic mass is 35.5. The molecule has 2 N–H and O–H groups in total. The Morgan fingerprint density at radius 3 is 3.04 bits per heavy atom. The third-order valence-corrected chi connectivity index (χ3v) is 4.74. The summed E-state index contributed by atoms with van der Waals surface area (Å²) in [5.74, 6) is 0.447. The molecule has 3 heterocycles. The van der Waals surface area contributed by atoms with Crippen LogP contribution in [0.15, 0.2) is 27.7 Å². The number of nitrogens with one attached hydrogen (secondary N) is 2. The Morgan fingerprint density at radius 2 is 2.38 bits per heavy atom. The fraction of sp³-hybridized carbons (Fsp3) is 0.500. The van der Waals surface area contributed by atoms with Gasteiger partial charge in [-0.1, -0.05) is 11.6 Å². The van der Waals surface area contributed by atoms with E-state index in [0.29, 0.717) is 35.9 Å². The lowest BCUT2D eigenvalue weighted by Gasteiger charge is -2.22. The van der Waals surface area contributed by atoms with Crippen LogP contribution in [0.1, 0.15) is 46.9 Å². The molecule has 0 radical (unpaired) electrons. The van der Waals surface area contributed by atoms with Crippen LogP contribution >= 0.6 is 11.6 Å². The minimum Gasteiger partial charge on any atom is -0.427 e. The summed E-state index contributed by atoms with van der Waals surface area (Å²) in [4.78, 5) is 24.7. The number of hydrogen-bond donors (Lipinski definition) is 2. The summed E-state index contributed by atoms with van der Waals surface area (Å²) in [5.41, 5.74) is 0.166. The summed E-state index contributed by atoms with van der Waals surface area (Å²) in [6, 6.07) is 1.82. The molecule has 7 nitrogen and oxygen atoms in total. The number of aryl methyl sites for hydroxylation is 2. The van der Waals surface area contributed by atoms with Crippen molar-refractivity contribution in [1.82, 2.24) is 20.4 Å². The van der Waals surface area contributed by atoms with Gasteiger partial charge in [0.1, 0.15) is 11.3 Å². The van der Waals surface area contributed by atoms with E-state index in [9.17, 15) is 9.59 Å². The molecule has 140 valence electrons. The smallest absolute Gasteiger partial charge is 0.349 e. The molecule has 8 heteroatoms. The number of nitrogens with zero attached hydrogens (tertiary/aromatic N) is 2. The zero-order valence-electron chi connectivity index (χ0n) is 14.8. The number of carbonyl (C=O) groups is 1. The van der Waals surface area contributed by atoms with E-state index in [1.54, 1.807) is 24.0 Å². The highest BCUT2D eigenvalue weighted by Gasteiger charge is 2.22. The van der Waals surface area contributed by atoms with Crippen molar-refractivity contribution in [1.29, 1.82) is 0 Å². The number of rotatable bonds is 6. The molecule has 0 spiro atoms. The van der Waals surface area contributed by atoms with Gasteiger partial charge in [0, 0.05) is 31.7 Å². The predicted octanol–water partition coefficient (Wildman–Crippen LogP) is 2.09. The van der Waals surface area contributed by atoms with Crippen LogP contribution in [0.3, 0.4) is 0 Å². The third-order valence-electron chi connectivity index (χ3n) is 4.55. The van der Waals surface area contributed by atoms with Gasteiger partial charge < -0.3 is 15.1 Å². The molecular formula is C18H23ClN4O3. The third kappa shape index (κ3) is 4.53. The van der Waals surface area contributed by atoms with Crippen molar-refractivity contribution in [2.75, 3.05) is 19.6 Å². The summed E-state index contributed by atoms with van der Waals surface area (Å²) in [7, 11) is 0. The maximum Gasteiger partial charge on any atom is 0.349 e. The van der Waals surface area contributed by atoms with Crippen LogP contribution in [0.4, 0.5) is 0 Å². The van der Waals surface area contributed by atoms with Gasteiger partial charge in [-0.25, -0.2) is 4.79 Å². The average Bonchev–Trinajstić information content (AvgIpc) is 3.04. The molecule has 1 aliphatic heterocycles. The van der Waals surface area contributed by atoms with Crippen LogP contribution in [0.5, 0.6) is 0 Å². The molecule has 0 bridgehead atoms. The SMILES string of the molecule is Cc1cc(C2CCCNC2)oc(=O)c1C(=O)NCCCn1cc(Cl)cn1. The zero-order chi connectivity index (χ0) is 18.5. The van der Waals surface area contributed by atoms with Crippen LogP contribution in [0, 0.1) is 6.92 Å². The van der Waals surface area contributed by atoms with Crippen molar-refractivity contribution in [3.05, 3.63) is 50.8 Å². The molecule has 2 aromatic rings. The lowest BCUT2D eigenvalue weighted by atomic mass is 9.95. The maximum atomic E-state index is 12.4. The summed E-state index contributed by atoms with van der Waals surface area (Å²) in [6.45, 7) is 4.63. The molecule has 1 saturated heterocycles. The van der Waals surface area contributed by atoms with Gasteiger partial charge >= 0.3 is 5.63 Å². The standard InChI is InChI=1S/C18H23ClN4O3/c1-12-8-15(13-4-2-5-20-9-13)26-18(25)16(12)17(24)21-6-3-7-23-11-14(19)10-22-23/h8,10-11,13,20H,2-7,9H2,1H3,(H,21,24). The fourth-order valence-corrected chi connectivity index (χ4v) is 3.35. The van der Waals surface area contributed by atoms with Gasteiger partial charge in [0.2, 0.25) is 0 Å². The van der Waals surface area contributed by atoms with Crippen molar-refractivity contribution in [2.45, 2.75) is 38.6 Å². The van der Waals surface area contributed by atoms with Crippen LogP contribution < -0.4 is 16.3 Å². The highest BCUT2D eigenvalue weighted by molar-refractivity contribution is 6.30. The van der Waals surface area contributed by atoms with E-state index in [2.05, 4.69) is 15.7 Å². The van der Waals surface area contributed by atoms with Crippen molar-refractivity contribution >= 4 is 17.5 Å². The Hall–Kier alpha value is -2.12. The Kier molecular flexibility index (Phi) is 6.11. The van der Waals surface area contributed by atoms with Crippen LogP contribution in [-0.4, -0.2) is 35.3 Å². The van der Waals surface area contributed by atoms with Gasteiger partial charge in [-0.3, -0.25) is 9.48 Å². The molecule has 1 atom stereocenters. The first-order valence-corrected chi connectivity index (χ1v) is 9.24. The number of halogens is 1. The molecule has 1 fully saturated rings. The van der Waals surface area contributed by atoms with Crippen molar-refractivity contribution in [3.8, 4) is 0 Å². The van der Waals surface area contributed by atoms with Crippen LogP contribution in [-0.2, 0) is 6.54 Å². The number of piperidine rings is 1. The van der Waals surface area contributed by atoms with Crippen molar-refractivity contribution in [2.24, 2.45) is 0 Å². The number of hydrogen-bond acceptors (Lipinski definition) is 5. The monoisotopic (exact) mass is 378 g/mol. The van der Waals surface area contributed by atoms with E-state index in [-0.39, 0.29) is 11.5 Å². The first-order valence-electron chi connectivity index (χ1n) is 8.86. The Balaban J connectivity index is 1.59. The molecule has 2 aromatic heterocycles. The van der Waals surface area contributed by atoms with Gasteiger partial charge in [0.15, 0.2) is 0 Å². The summed E-state index contributed by atoms with van der Waals surface area (Å²) >= 11 is 5.81. The van der Waals surface area contributed by atoms with Crippen molar-refractivity contribution in [3.63, 3.8) is 0 Å². The Labute approximate surface area is 156 Å². The number of carbonyl (C=O) groups excluding carboxylic acids is 1. The fourth-order valence-electron chi connectivity index (χ4n) is 3.19. The number of amides is 1. The second-order valence-electron chi connectivity index (χ2n) is 6.57. The Bertz CT molecular complexity index is 824. The molecule has 1 unspecified atom stereocenters. The molecule has 26 heavy (non-hydrogen) atoms. The largest absolute Gasteiger partial charge is 0.427 e. The van der Waals surface area contributed by atoms with Gasteiger partial charge in [0.05, 0.1) is 11.2 Å². The first-order chi connectivity index (χ1) is 12.5. The van der Waals surface area contributed by atoms with Gasteiger partial charge in [0.25, 0.3) is 5.91 Å². The topological polar surface area (TPSA) is 89.2 Å².